The molecular weight excluding hydrogens is 1060 g/mol. The molecule has 0 radical (unpaired) electrons. The number of Topliss-reactive ketones (excluding diaryl/α,β-unsaturated/α-hetero) is 1. The molecule has 454 valence electrons. The fraction of sp³-hybridized carbons (Fsp3) is 0.794. The van der Waals surface area contributed by atoms with Gasteiger partial charge in [-0.25, -0.2) is 4.79 Å². The van der Waals surface area contributed by atoms with Gasteiger partial charge in [0.05, 0.1) is 30.1 Å². The van der Waals surface area contributed by atoms with Crippen LogP contribution in [0.25, 0.3) is 0 Å². The summed E-state index contributed by atoms with van der Waals surface area (Å²) in [5.41, 5.74) is -5.06. The average molecular weight is 1170 g/mol. The highest BCUT2D eigenvalue weighted by molar-refractivity contribution is 6.74. The van der Waals surface area contributed by atoms with E-state index >= 15 is 9.59 Å². The second-order valence-electron chi connectivity index (χ2n) is 26.4. The summed E-state index contributed by atoms with van der Waals surface area (Å²) >= 11 is 0. The number of unbranched alkanes of at least 4 members (excludes halogenated alkanes) is 6. The minimum Gasteiger partial charge on any atom is -0.459 e. The third kappa shape index (κ3) is 13.5. The summed E-state index contributed by atoms with van der Waals surface area (Å²) < 4.78 is 49.4. The number of amides is 1. The zero-order valence-corrected chi connectivity index (χ0v) is 55.8. The molecule has 1 amide bonds. The standard InChI is InChI=1S/C63H107NO13Si3/c1-19-27-29-34-38-49(66)64-52(45-36-32-31-33-37-45)54(76-78(17,18)59(11,12)13)58(69)72-46-41-63(70)57(73-50(67)39-35-30-28-20-2)55-61(16,56(68)53(51(43(46)9)60(63,14)15)77-80(24-6,25-7)26-8)47(75-79(21-3,22-4)23-5)40-48-62(55,42-71-48)74-44(10)65/h31-33,36-37,46-48,52-55,57,70H,19-30,34-35,38-42H2,1-18H3,(H,64,66)/t46-,47-,48+,52-,53+,54+,55-,57-,61+,62-,63+/m0/s1. The normalized spacial score (nSPS) is 28.5. The first-order chi connectivity index (χ1) is 37.5. The van der Waals surface area contributed by atoms with Gasteiger partial charge in [-0.1, -0.05) is 159 Å². The Hall–Kier alpha value is -3.04. The molecule has 2 saturated carbocycles. The van der Waals surface area contributed by atoms with Gasteiger partial charge in [0.25, 0.3) is 0 Å². The van der Waals surface area contributed by atoms with Crippen LogP contribution in [0.4, 0.5) is 0 Å². The predicted molar refractivity (Wildman–Crippen MR) is 322 cm³/mol. The smallest absolute Gasteiger partial charge is 0.337 e. The van der Waals surface area contributed by atoms with Crippen LogP contribution in [0.15, 0.2) is 41.5 Å². The van der Waals surface area contributed by atoms with Gasteiger partial charge < -0.3 is 42.6 Å². The monoisotopic (exact) mass is 1170 g/mol. The molecule has 11 atom stereocenters. The van der Waals surface area contributed by atoms with Crippen LogP contribution < -0.4 is 5.32 Å². The van der Waals surface area contributed by atoms with Crippen molar-refractivity contribution in [2.75, 3.05) is 6.61 Å². The van der Waals surface area contributed by atoms with Gasteiger partial charge in [0, 0.05) is 38.0 Å². The van der Waals surface area contributed by atoms with Crippen molar-refractivity contribution in [3.63, 3.8) is 0 Å². The lowest BCUT2D eigenvalue weighted by molar-refractivity contribution is -0.346. The van der Waals surface area contributed by atoms with Crippen LogP contribution in [0.5, 0.6) is 0 Å². The Bertz CT molecular complexity index is 2290. The number of benzene rings is 1. The molecule has 1 aromatic carbocycles. The lowest BCUT2D eigenvalue weighted by Crippen LogP contribution is -2.82. The first-order valence-electron chi connectivity index (χ1n) is 31.0. The number of aliphatic hydroxyl groups is 1. The molecule has 0 spiro atoms. The maximum atomic E-state index is 17.2. The molecule has 5 rings (SSSR count). The van der Waals surface area contributed by atoms with Crippen LogP contribution in [0.3, 0.4) is 0 Å². The number of ketones is 1. The summed E-state index contributed by atoms with van der Waals surface area (Å²) in [6.07, 6.45) is 0.0419. The van der Waals surface area contributed by atoms with Crippen LogP contribution in [0.1, 0.15) is 199 Å². The van der Waals surface area contributed by atoms with Crippen molar-refractivity contribution in [2.45, 2.75) is 296 Å². The molecular formula is C63H107NO13Si3. The van der Waals surface area contributed by atoms with Crippen LogP contribution in [0, 0.1) is 16.7 Å². The molecule has 1 saturated heterocycles. The lowest BCUT2D eigenvalue weighted by Gasteiger charge is -2.68. The Morgan fingerprint density at radius 1 is 0.787 bits per heavy atom. The molecule has 1 aliphatic heterocycles. The second-order valence-corrected chi connectivity index (χ2v) is 40.6. The van der Waals surface area contributed by atoms with Crippen LogP contribution in [-0.2, 0) is 56.2 Å². The number of fused-ring (bicyclic) bond motifs is 5. The van der Waals surface area contributed by atoms with E-state index in [-0.39, 0.29) is 49.0 Å². The lowest BCUT2D eigenvalue weighted by atomic mass is 9.44. The van der Waals surface area contributed by atoms with Gasteiger partial charge in [-0.3, -0.25) is 19.2 Å². The summed E-state index contributed by atoms with van der Waals surface area (Å²) in [5.74, 6) is -3.68. The van der Waals surface area contributed by atoms with Crippen molar-refractivity contribution in [2.24, 2.45) is 16.7 Å². The Balaban J connectivity index is 1.88. The number of carbonyl (C=O) groups is 5. The molecule has 0 unspecified atom stereocenters. The summed E-state index contributed by atoms with van der Waals surface area (Å²) in [6, 6.07) is 12.8. The summed E-state index contributed by atoms with van der Waals surface area (Å²) in [7, 11) is -8.23. The molecule has 3 fully saturated rings. The second kappa shape index (κ2) is 27.3. The minimum atomic E-state index is -2.86. The van der Waals surface area contributed by atoms with Gasteiger partial charge in [0.2, 0.25) is 5.91 Å². The zero-order valence-electron chi connectivity index (χ0n) is 52.8. The molecule has 17 heteroatoms. The van der Waals surface area contributed by atoms with E-state index in [2.05, 4.69) is 94.6 Å². The van der Waals surface area contributed by atoms with E-state index in [0.29, 0.717) is 47.7 Å². The van der Waals surface area contributed by atoms with E-state index in [1.54, 1.807) is 0 Å². The van der Waals surface area contributed by atoms with E-state index in [4.69, 9.17) is 32.2 Å². The van der Waals surface area contributed by atoms with Gasteiger partial charge in [0.15, 0.2) is 42.4 Å². The Morgan fingerprint density at radius 2 is 1.34 bits per heavy atom. The number of esters is 3. The van der Waals surface area contributed by atoms with E-state index < -0.39 is 113 Å². The molecule has 1 aromatic rings. The van der Waals surface area contributed by atoms with Crippen molar-refractivity contribution < 1.29 is 61.3 Å². The quantitative estimate of drug-likeness (QED) is 0.0254. The molecule has 14 nitrogen and oxygen atoms in total. The van der Waals surface area contributed by atoms with Gasteiger partial charge in [-0.15, -0.1) is 0 Å². The number of hydrogen-bond acceptors (Lipinski definition) is 13. The van der Waals surface area contributed by atoms with Crippen molar-refractivity contribution in [3.8, 4) is 0 Å². The molecule has 1 heterocycles. The number of nitrogens with one attached hydrogen (secondary N) is 1. The maximum absolute atomic E-state index is 17.2. The highest BCUT2D eigenvalue weighted by Crippen LogP contribution is 2.65. The van der Waals surface area contributed by atoms with Crippen molar-refractivity contribution >= 4 is 54.6 Å². The van der Waals surface area contributed by atoms with Gasteiger partial charge in [0.1, 0.15) is 30.0 Å². The minimum absolute atomic E-state index is 0.0451. The number of carbonyl (C=O) groups excluding carboxylic acids is 5. The fourth-order valence-corrected chi connectivity index (χ4v) is 20.5. The zero-order chi connectivity index (χ0) is 59.9. The molecule has 4 aliphatic rings. The first kappa shape index (κ1) is 67.7. The number of hydrogen-bond donors (Lipinski definition) is 2. The van der Waals surface area contributed by atoms with E-state index in [9.17, 15) is 19.5 Å². The van der Waals surface area contributed by atoms with Gasteiger partial charge in [-0.05, 0) is 97.8 Å². The number of rotatable bonds is 29. The molecule has 80 heavy (non-hydrogen) atoms. The summed E-state index contributed by atoms with van der Waals surface area (Å²) in [4.78, 5) is 75.9. The predicted octanol–water partition coefficient (Wildman–Crippen LogP) is 13.6. The van der Waals surface area contributed by atoms with Crippen molar-refractivity contribution in [3.05, 3.63) is 47.0 Å². The molecule has 0 aromatic heterocycles. The first-order valence-corrected chi connectivity index (χ1v) is 39.0. The largest absolute Gasteiger partial charge is 0.459 e. The fourth-order valence-electron chi connectivity index (χ4n) is 13.6. The third-order valence-electron chi connectivity index (χ3n) is 20.5. The Labute approximate surface area is 485 Å². The van der Waals surface area contributed by atoms with E-state index in [1.807, 2.05) is 58.0 Å². The van der Waals surface area contributed by atoms with Crippen LogP contribution >= 0.6 is 0 Å². The van der Waals surface area contributed by atoms with Crippen LogP contribution in [0.2, 0.25) is 54.4 Å². The highest BCUT2D eigenvalue weighted by atomic mass is 28.4. The van der Waals surface area contributed by atoms with E-state index in [1.165, 1.54) is 6.92 Å². The molecule has 2 N–H and O–H groups in total. The van der Waals surface area contributed by atoms with Crippen molar-refractivity contribution in [1.82, 2.24) is 5.32 Å². The Kier molecular flexibility index (Phi) is 23.1. The molecule has 3 aliphatic carbocycles. The third-order valence-corrected chi connectivity index (χ3v) is 34.2. The summed E-state index contributed by atoms with van der Waals surface area (Å²) in [6.45, 7) is 36.1. The molecule has 2 bridgehead atoms. The number of ether oxygens (including phenoxy) is 4. The summed E-state index contributed by atoms with van der Waals surface area (Å²) in [5, 5.41) is 17.6. The van der Waals surface area contributed by atoms with Crippen LogP contribution in [-0.4, -0.2) is 114 Å². The average Bonchev–Trinajstić information content (AvgIpc) is 3.59. The maximum Gasteiger partial charge on any atom is 0.337 e. The SMILES string of the molecule is CCCCCCC(=O)N[C@@H](c1ccccc1)[C@@H](O[Si](C)(C)C(C)(C)C)C(=O)O[C@H]1C[C@@]2(O)[C@@H](OC(=O)CCCCCC)[C@@H]3[C@]4(OC(C)=O)CO[C@@H]4C[C@H](O[Si](CC)(CC)CC)[C@@]3(C)C(=O)[C@H](O[Si](CC)(CC)CC)C(=C1C)C2(C)C. The van der Waals surface area contributed by atoms with E-state index in [0.717, 1.165) is 56.7 Å². The highest BCUT2D eigenvalue weighted by Gasteiger charge is 2.79. The Morgan fingerprint density at radius 3 is 1.84 bits per heavy atom. The van der Waals surface area contributed by atoms with Gasteiger partial charge in [-0.2, -0.15) is 0 Å². The van der Waals surface area contributed by atoms with Gasteiger partial charge >= 0.3 is 17.9 Å². The topological polar surface area (TPSA) is 182 Å². The van der Waals surface area contributed by atoms with Crippen molar-refractivity contribution in [1.29, 1.82) is 0 Å².